The summed E-state index contributed by atoms with van der Waals surface area (Å²) in [6.07, 6.45) is 3.94. The first-order valence-electron chi connectivity index (χ1n) is 16.8. The maximum Gasteiger partial charge on any atom is 0.245 e. The number of hydrogen-bond donors (Lipinski definition) is 5. The van der Waals surface area contributed by atoms with Gasteiger partial charge in [0.2, 0.25) is 17.7 Å². The third-order valence-corrected chi connectivity index (χ3v) is 9.10. The summed E-state index contributed by atoms with van der Waals surface area (Å²) >= 11 is 0. The highest BCUT2D eigenvalue weighted by atomic mass is 16.2. The first kappa shape index (κ1) is 35.3. The minimum Gasteiger partial charge on any atom is -0.345 e. The van der Waals surface area contributed by atoms with Gasteiger partial charge in [0.15, 0.2) is 5.78 Å². The van der Waals surface area contributed by atoms with Crippen molar-refractivity contribution in [1.82, 2.24) is 20.9 Å². The van der Waals surface area contributed by atoms with E-state index in [1.807, 2.05) is 79.4 Å². The van der Waals surface area contributed by atoms with Crippen molar-refractivity contribution in [3.63, 3.8) is 0 Å². The van der Waals surface area contributed by atoms with E-state index in [-0.39, 0.29) is 42.4 Å². The topological polar surface area (TPSA) is 160 Å². The van der Waals surface area contributed by atoms with Gasteiger partial charge >= 0.3 is 0 Å². The van der Waals surface area contributed by atoms with E-state index in [4.69, 9.17) is 11.5 Å². The Hall–Kier alpha value is -3.60. The van der Waals surface area contributed by atoms with E-state index in [1.165, 1.54) is 0 Å². The number of benzene rings is 2. The molecule has 10 heteroatoms. The number of piperazine rings is 1. The summed E-state index contributed by atoms with van der Waals surface area (Å²) in [5.41, 5.74) is 13.8. The minimum absolute atomic E-state index is 0.0578. The molecule has 2 aliphatic rings. The molecule has 6 atom stereocenters. The van der Waals surface area contributed by atoms with Crippen LogP contribution in [-0.4, -0.2) is 78.2 Å². The third-order valence-electron chi connectivity index (χ3n) is 9.10. The van der Waals surface area contributed by atoms with Crippen LogP contribution in [0, 0.1) is 11.8 Å². The summed E-state index contributed by atoms with van der Waals surface area (Å²) in [5, 5.41) is 9.37. The first-order valence-corrected chi connectivity index (χ1v) is 16.8. The van der Waals surface area contributed by atoms with Crippen LogP contribution in [0.15, 0.2) is 60.7 Å². The second kappa shape index (κ2) is 17.4. The summed E-state index contributed by atoms with van der Waals surface area (Å²) in [7, 11) is 0. The van der Waals surface area contributed by atoms with Crippen LogP contribution in [0.25, 0.3) is 0 Å². The molecular weight excluding hydrogens is 580 g/mol. The molecule has 2 bridgehead atoms. The van der Waals surface area contributed by atoms with Crippen LogP contribution in [-0.2, 0) is 32.0 Å². The van der Waals surface area contributed by atoms with E-state index in [2.05, 4.69) is 16.0 Å². The number of amides is 3. The van der Waals surface area contributed by atoms with Gasteiger partial charge < -0.3 is 32.3 Å². The summed E-state index contributed by atoms with van der Waals surface area (Å²) in [4.78, 5) is 56.7. The zero-order valence-corrected chi connectivity index (χ0v) is 27.3. The first-order chi connectivity index (χ1) is 22.1. The summed E-state index contributed by atoms with van der Waals surface area (Å²) < 4.78 is 0. The average Bonchev–Trinajstić information content (AvgIpc) is 3.68. The van der Waals surface area contributed by atoms with Crippen LogP contribution < -0.4 is 27.4 Å². The number of nitrogens with two attached hydrogens (primary N) is 2. The fourth-order valence-electron chi connectivity index (χ4n) is 6.64. The minimum atomic E-state index is -0.853. The van der Waals surface area contributed by atoms with Crippen molar-refractivity contribution in [2.75, 3.05) is 19.6 Å². The van der Waals surface area contributed by atoms with Gasteiger partial charge in [0.05, 0.1) is 12.1 Å². The van der Waals surface area contributed by atoms with Gasteiger partial charge in [-0.3, -0.25) is 19.2 Å². The summed E-state index contributed by atoms with van der Waals surface area (Å²) in [6.45, 7) is 5.95. The second-order valence-electron chi connectivity index (χ2n) is 13.4. The molecule has 7 N–H and O–H groups in total. The fourth-order valence-corrected chi connectivity index (χ4v) is 6.64. The highest BCUT2D eigenvalue weighted by Crippen LogP contribution is 2.25. The van der Waals surface area contributed by atoms with Crippen molar-refractivity contribution in [2.24, 2.45) is 23.3 Å². The standard InChI is InChI=1S/C36H52N6O4/c1-24(2)17-27(34(44)40-31(15-9-10-16-37)36(46)42-23-28-21-29(42)22-39-28)20-33(43)32(19-26-13-7-4-8-14-26)41-35(45)30(38)18-25-11-5-3-6-12-25/h3-8,11-14,24,27-32,39H,9-10,15-23,37-38H2,1-2H3,(H,40,44)(H,41,45). The number of ketones is 1. The number of rotatable bonds is 18. The molecule has 2 heterocycles. The highest BCUT2D eigenvalue weighted by Gasteiger charge is 2.42. The van der Waals surface area contributed by atoms with Gasteiger partial charge in [0.25, 0.3) is 0 Å². The predicted octanol–water partition coefficient (Wildman–Crippen LogP) is 2.09. The maximum atomic E-state index is 14.0. The van der Waals surface area contributed by atoms with Gasteiger partial charge in [0.1, 0.15) is 6.04 Å². The number of carbonyl (C=O) groups excluding carboxylic acids is 4. The lowest BCUT2D eigenvalue weighted by Gasteiger charge is -2.32. The van der Waals surface area contributed by atoms with Crippen molar-refractivity contribution < 1.29 is 19.2 Å². The molecule has 46 heavy (non-hydrogen) atoms. The Bertz CT molecular complexity index is 1290. The molecule has 2 saturated heterocycles. The molecule has 0 saturated carbocycles. The van der Waals surface area contributed by atoms with Gasteiger partial charge in [-0.15, -0.1) is 0 Å². The smallest absolute Gasteiger partial charge is 0.245 e. The normalized spacial score (nSPS) is 19.8. The van der Waals surface area contributed by atoms with Gasteiger partial charge in [0, 0.05) is 37.5 Å². The molecule has 6 unspecified atom stereocenters. The van der Waals surface area contributed by atoms with Crippen molar-refractivity contribution >= 4 is 23.5 Å². The Morgan fingerprint density at radius 1 is 0.891 bits per heavy atom. The molecule has 2 aromatic carbocycles. The van der Waals surface area contributed by atoms with Gasteiger partial charge in [-0.2, -0.15) is 0 Å². The maximum absolute atomic E-state index is 14.0. The van der Waals surface area contributed by atoms with Gasteiger partial charge in [-0.1, -0.05) is 74.5 Å². The Labute approximate surface area is 273 Å². The molecule has 2 aromatic rings. The fraction of sp³-hybridized carbons (Fsp3) is 0.556. The Morgan fingerprint density at radius 3 is 2.09 bits per heavy atom. The van der Waals surface area contributed by atoms with Crippen molar-refractivity contribution in [3.8, 4) is 0 Å². The molecular formula is C36H52N6O4. The van der Waals surface area contributed by atoms with Gasteiger partial charge in [-0.25, -0.2) is 0 Å². The number of hydrogen-bond acceptors (Lipinski definition) is 7. The van der Waals surface area contributed by atoms with E-state index < -0.39 is 30.0 Å². The molecule has 4 rings (SSSR count). The molecule has 0 spiro atoms. The SMILES string of the molecule is CC(C)CC(CC(=O)C(Cc1ccccc1)NC(=O)C(N)Cc1ccccc1)C(=O)NC(CCCCN)C(=O)N1CC2CC1CN2. The van der Waals surface area contributed by atoms with Crippen molar-refractivity contribution in [1.29, 1.82) is 0 Å². The van der Waals surface area contributed by atoms with Crippen LogP contribution in [0.2, 0.25) is 0 Å². The largest absolute Gasteiger partial charge is 0.345 e. The van der Waals surface area contributed by atoms with Crippen LogP contribution in [0.1, 0.15) is 63.5 Å². The third kappa shape index (κ3) is 10.2. The average molecular weight is 633 g/mol. The predicted molar refractivity (Wildman–Crippen MR) is 180 cm³/mol. The number of nitrogens with one attached hydrogen (secondary N) is 3. The number of unbranched alkanes of at least 4 members (excludes halogenated alkanes) is 1. The van der Waals surface area contributed by atoms with Crippen LogP contribution >= 0.6 is 0 Å². The molecule has 250 valence electrons. The lowest BCUT2D eigenvalue weighted by molar-refractivity contribution is -0.139. The molecule has 2 aliphatic heterocycles. The lowest BCUT2D eigenvalue weighted by Crippen LogP contribution is -2.55. The van der Waals surface area contributed by atoms with E-state index in [9.17, 15) is 19.2 Å². The number of nitrogens with zero attached hydrogens (tertiary/aromatic N) is 1. The molecule has 0 radical (unpaired) electrons. The Balaban J connectivity index is 1.47. The van der Waals surface area contributed by atoms with E-state index in [0.29, 0.717) is 38.4 Å². The van der Waals surface area contributed by atoms with Gasteiger partial charge in [-0.05, 0) is 68.5 Å². The molecule has 2 fully saturated rings. The van der Waals surface area contributed by atoms with E-state index >= 15 is 0 Å². The molecule has 0 aromatic heterocycles. The number of likely N-dealkylation sites (tertiary alicyclic amines) is 1. The second-order valence-corrected chi connectivity index (χ2v) is 13.4. The summed E-state index contributed by atoms with van der Waals surface area (Å²) in [6, 6.07) is 17.1. The zero-order valence-electron chi connectivity index (χ0n) is 27.3. The lowest BCUT2D eigenvalue weighted by atomic mass is 9.88. The Morgan fingerprint density at radius 2 is 1.52 bits per heavy atom. The van der Waals surface area contributed by atoms with E-state index in [1.54, 1.807) is 0 Å². The molecule has 10 nitrogen and oxygen atoms in total. The monoisotopic (exact) mass is 632 g/mol. The molecule has 3 amide bonds. The zero-order chi connectivity index (χ0) is 33.1. The number of fused-ring (bicyclic) bond motifs is 2. The molecule has 0 aliphatic carbocycles. The van der Waals surface area contributed by atoms with Crippen LogP contribution in [0.5, 0.6) is 0 Å². The van der Waals surface area contributed by atoms with Crippen molar-refractivity contribution in [3.05, 3.63) is 71.8 Å². The summed E-state index contributed by atoms with van der Waals surface area (Å²) in [5.74, 6) is -1.53. The number of carbonyl (C=O) groups is 4. The van der Waals surface area contributed by atoms with Crippen molar-refractivity contribution in [2.45, 2.75) is 95.4 Å². The highest BCUT2D eigenvalue weighted by molar-refractivity contribution is 5.95. The van der Waals surface area contributed by atoms with E-state index in [0.717, 1.165) is 36.9 Å². The van der Waals surface area contributed by atoms with Crippen LogP contribution in [0.4, 0.5) is 0 Å². The Kier molecular flexibility index (Phi) is 13.3. The number of Topliss-reactive ketones (excluding diaryl/α,β-unsaturated/α-hetero) is 1. The van der Waals surface area contributed by atoms with Crippen LogP contribution in [0.3, 0.4) is 0 Å². The quantitative estimate of drug-likeness (QED) is 0.157.